The van der Waals surface area contributed by atoms with Gasteiger partial charge in [0.1, 0.15) is 30.2 Å². The molecule has 0 aromatic heterocycles. The van der Waals surface area contributed by atoms with Crippen molar-refractivity contribution in [1.29, 1.82) is 0 Å². The highest BCUT2D eigenvalue weighted by molar-refractivity contribution is 5.89. The molecular weight excluding hydrogens is 849 g/mol. The van der Waals surface area contributed by atoms with Gasteiger partial charge in [0.05, 0.1) is 38.1 Å². The Morgan fingerprint density at radius 1 is 0.818 bits per heavy atom. The van der Waals surface area contributed by atoms with Crippen molar-refractivity contribution in [2.45, 2.75) is 167 Å². The van der Waals surface area contributed by atoms with Crippen LogP contribution in [-0.2, 0) is 33.2 Å². The number of aliphatic hydroxyl groups is 4. The normalized spacial score (nSPS) is 42.5. The number of ether oxygens (including phenoxy) is 7. The number of nitrogens with one attached hydrogen (secondary N) is 1. The lowest BCUT2D eigenvalue weighted by Gasteiger charge is -2.61. The van der Waals surface area contributed by atoms with E-state index in [2.05, 4.69) is 37.9 Å². The average Bonchev–Trinajstić information content (AvgIpc) is 3.60. The van der Waals surface area contributed by atoms with E-state index in [1.807, 2.05) is 0 Å². The van der Waals surface area contributed by atoms with Gasteiger partial charge in [-0.05, 0) is 134 Å². The van der Waals surface area contributed by atoms with Crippen molar-refractivity contribution in [3.05, 3.63) is 29.8 Å². The van der Waals surface area contributed by atoms with Gasteiger partial charge in [-0.25, -0.2) is 4.79 Å². The van der Waals surface area contributed by atoms with Crippen molar-refractivity contribution in [2.24, 2.45) is 52.3 Å². The first-order valence-corrected chi connectivity index (χ1v) is 25.3. The molecule has 3 heterocycles. The lowest BCUT2D eigenvalue weighted by molar-refractivity contribution is -0.340. The third-order valence-electron chi connectivity index (χ3n) is 17.8. The Bertz CT molecular complexity index is 1770. The maximum absolute atomic E-state index is 13.4. The van der Waals surface area contributed by atoms with E-state index in [0.29, 0.717) is 41.3 Å². The van der Waals surface area contributed by atoms with Gasteiger partial charge in [0.25, 0.3) is 0 Å². The van der Waals surface area contributed by atoms with Gasteiger partial charge in [-0.1, -0.05) is 40.5 Å². The summed E-state index contributed by atoms with van der Waals surface area (Å²) in [4.78, 5) is 28.9. The molecule has 372 valence electrons. The zero-order valence-corrected chi connectivity index (χ0v) is 40.3. The summed E-state index contributed by atoms with van der Waals surface area (Å²) in [6.07, 6.45) is 0.316. The van der Waals surface area contributed by atoms with Crippen LogP contribution in [0.15, 0.2) is 24.3 Å². The third-order valence-corrected chi connectivity index (χ3v) is 17.8. The monoisotopic (exact) mass is 929 g/mol. The van der Waals surface area contributed by atoms with Crippen LogP contribution in [0.2, 0.25) is 0 Å². The SMILES string of the molecule is COc1ccc(C(=O)O[C@H]2[C@H](O[C@@H]3[C@@H](OC(C)=O)[C@H](O[C@H]4CC5C6CC[C@H]7C[C@@H](O)CC[C@]7(C)C6CC[C@]5(C)[C@H]4[C@H](C)CCC[C@@H](C)CN4CCNCC4)OC[C@@H]3O)OC[C@@H](O)[C@@H]2O)cc1. The molecule has 0 radical (unpaired) electrons. The van der Waals surface area contributed by atoms with Gasteiger partial charge in [0.15, 0.2) is 24.8 Å². The fourth-order valence-corrected chi connectivity index (χ4v) is 14.4. The van der Waals surface area contributed by atoms with Crippen LogP contribution in [0.5, 0.6) is 5.75 Å². The van der Waals surface area contributed by atoms with E-state index < -0.39 is 61.1 Å². The zero-order chi connectivity index (χ0) is 46.9. The standard InChI is InChI=1S/C51H80N2O13/c1-29(26-53-22-20-52-21-23-53)8-7-9-30(2)42-41(25-38-36-15-12-33-24-34(55)16-18-50(33,4)37(36)17-19-51(38,42)5)64-49-46(63-31(3)54)44(40(57)28-62-49)66-48-45(43(58)39(56)27-61-48)65-47(59)32-10-13-35(60-6)14-11-32/h10-11,13-14,29-30,33-34,36-46,48-49,52,55-58H,7-9,12,15-28H2,1-6H3/t29-,30-,33+,34+,36?,37?,38?,39-,40+,41+,42+,43+,44+,45-,46-,48+,49+,50+,51+/m1/s1. The lowest BCUT2D eigenvalue weighted by Crippen LogP contribution is -2.62. The second-order valence-corrected chi connectivity index (χ2v) is 21.9. The maximum atomic E-state index is 13.4. The van der Waals surface area contributed by atoms with Crippen LogP contribution < -0.4 is 10.1 Å². The summed E-state index contributed by atoms with van der Waals surface area (Å²) in [5.41, 5.74) is 0.386. The number of hydrogen-bond donors (Lipinski definition) is 5. The van der Waals surface area contributed by atoms with Crippen LogP contribution in [0.4, 0.5) is 0 Å². The first kappa shape index (κ1) is 50.0. The van der Waals surface area contributed by atoms with E-state index in [4.69, 9.17) is 33.2 Å². The van der Waals surface area contributed by atoms with Crippen molar-refractivity contribution in [3.63, 3.8) is 0 Å². The van der Waals surface area contributed by atoms with Crippen LogP contribution in [0.3, 0.4) is 0 Å². The summed E-state index contributed by atoms with van der Waals surface area (Å²) in [5, 5.41) is 47.5. The topological polar surface area (TPSA) is 195 Å². The number of fused-ring (bicyclic) bond motifs is 5. The Labute approximate surface area is 391 Å². The fourth-order valence-electron chi connectivity index (χ4n) is 14.4. The van der Waals surface area contributed by atoms with Crippen LogP contribution in [-0.4, -0.2) is 152 Å². The van der Waals surface area contributed by atoms with Gasteiger partial charge < -0.3 is 63.8 Å². The molecule has 7 fully saturated rings. The van der Waals surface area contributed by atoms with Crippen molar-refractivity contribution in [3.8, 4) is 5.75 Å². The van der Waals surface area contributed by atoms with Crippen LogP contribution in [0.1, 0.15) is 116 Å². The number of benzene rings is 1. The van der Waals surface area contributed by atoms with Crippen molar-refractivity contribution in [2.75, 3.05) is 53.0 Å². The predicted molar refractivity (Wildman–Crippen MR) is 243 cm³/mol. The molecule has 4 saturated carbocycles. The minimum absolute atomic E-state index is 0.00392. The molecule has 15 heteroatoms. The number of nitrogens with zero attached hydrogens (tertiary/aromatic N) is 1. The summed E-state index contributed by atoms with van der Waals surface area (Å²) in [5.74, 6) is 2.34. The fraction of sp³-hybridized carbons (Fsp3) is 0.843. The Kier molecular flexibility index (Phi) is 16.1. The molecule has 3 saturated heterocycles. The molecule has 0 bridgehead atoms. The maximum Gasteiger partial charge on any atom is 0.338 e. The summed E-state index contributed by atoms with van der Waals surface area (Å²) < 4.78 is 42.7. The largest absolute Gasteiger partial charge is 0.497 e. The van der Waals surface area contributed by atoms with Crippen molar-refractivity contribution in [1.82, 2.24) is 10.2 Å². The van der Waals surface area contributed by atoms with Crippen LogP contribution >= 0.6 is 0 Å². The van der Waals surface area contributed by atoms with Crippen LogP contribution in [0, 0.1) is 52.3 Å². The second-order valence-electron chi connectivity index (χ2n) is 21.9. The molecule has 66 heavy (non-hydrogen) atoms. The molecule has 0 amide bonds. The van der Waals surface area contributed by atoms with Gasteiger partial charge in [-0.15, -0.1) is 0 Å². The van der Waals surface area contributed by atoms with Gasteiger partial charge in [-0.3, -0.25) is 4.79 Å². The Morgan fingerprint density at radius 2 is 1.52 bits per heavy atom. The molecule has 15 nitrogen and oxygen atoms in total. The van der Waals surface area contributed by atoms with Gasteiger partial charge >= 0.3 is 11.9 Å². The number of piperazine rings is 1. The van der Waals surface area contributed by atoms with Crippen LogP contribution in [0.25, 0.3) is 0 Å². The quantitative estimate of drug-likeness (QED) is 0.152. The summed E-state index contributed by atoms with van der Waals surface area (Å²) in [6.45, 7) is 16.0. The molecule has 4 aliphatic carbocycles. The number of hydrogen-bond acceptors (Lipinski definition) is 15. The highest BCUT2D eigenvalue weighted by Gasteiger charge is 2.64. The average molecular weight is 929 g/mol. The molecule has 7 aliphatic rings. The summed E-state index contributed by atoms with van der Waals surface area (Å²) in [7, 11) is 1.51. The lowest BCUT2D eigenvalue weighted by atomic mass is 9.44. The van der Waals surface area contributed by atoms with E-state index in [9.17, 15) is 30.0 Å². The van der Waals surface area contributed by atoms with Gasteiger partial charge in [0.2, 0.25) is 0 Å². The van der Waals surface area contributed by atoms with Crippen molar-refractivity contribution >= 4 is 11.9 Å². The number of carbonyl (C=O) groups excluding carboxylic acids is 2. The number of aliphatic hydroxyl groups excluding tert-OH is 4. The molecule has 19 atom stereocenters. The number of esters is 2. The molecule has 1 aromatic carbocycles. The Hall–Kier alpha value is -2.44. The van der Waals surface area contributed by atoms with E-state index in [1.165, 1.54) is 32.6 Å². The van der Waals surface area contributed by atoms with E-state index in [1.54, 1.807) is 12.1 Å². The Balaban J connectivity index is 1.02. The van der Waals surface area contributed by atoms with Crippen molar-refractivity contribution < 1.29 is 63.2 Å². The number of carbonyl (C=O) groups is 2. The van der Waals surface area contributed by atoms with E-state index >= 15 is 0 Å². The smallest absolute Gasteiger partial charge is 0.338 e. The minimum Gasteiger partial charge on any atom is -0.497 e. The van der Waals surface area contributed by atoms with Gasteiger partial charge in [-0.2, -0.15) is 0 Å². The molecule has 5 N–H and O–H groups in total. The number of methoxy groups -OCH3 is 1. The predicted octanol–water partition coefficient (Wildman–Crippen LogP) is 4.70. The highest BCUT2D eigenvalue weighted by Crippen LogP contribution is 2.69. The number of rotatable bonds is 15. The first-order valence-electron chi connectivity index (χ1n) is 25.3. The molecule has 0 spiro atoms. The van der Waals surface area contributed by atoms with Gasteiger partial charge in [0, 0.05) is 39.6 Å². The van der Waals surface area contributed by atoms with E-state index in [-0.39, 0.29) is 47.7 Å². The summed E-state index contributed by atoms with van der Waals surface area (Å²) in [6, 6.07) is 6.23. The molecular formula is C51H80N2O13. The molecule has 1 aromatic rings. The molecule has 3 aliphatic heterocycles. The minimum atomic E-state index is -1.59. The third kappa shape index (κ3) is 10.5. The Morgan fingerprint density at radius 3 is 2.23 bits per heavy atom. The highest BCUT2D eigenvalue weighted by atomic mass is 16.7. The first-order chi connectivity index (χ1) is 31.6. The van der Waals surface area contributed by atoms with E-state index in [0.717, 1.165) is 96.9 Å². The molecule has 3 unspecified atom stereocenters. The zero-order valence-electron chi connectivity index (χ0n) is 40.3. The second kappa shape index (κ2) is 21.3. The summed E-state index contributed by atoms with van der Waals surface area (Å²) >= 11 is 0. The molecule has 8 rings (SSSR count).